The molecular formula is C21H25F2IN4O2. The first-order chi connectivity index (χ1) is 14.1. The van der Waals surface area contributed by atoms with E-state index in [1.54, 1.807) is 0 Å². The van der Waals surface area contributed by atoms with E-state index in [1.807, 2.05) is 31.2 Å². The molecule has 0 bridgehead atoms. The van der Waals surface area contributed by atoms with Crippen molar-refractivity contribution in [3.05, 3.63) is 59.7 Å². The topological polar surface area (TPSA) is 74.8 Å². The van der Waals surface area contributed by atoms with Crippen LogP contribution in [0.25, 0.3) is 0 Å². The lowest BCUT2D eigenvalue weighted by Crippen LogP contribution is -2.39. The van der Waals surface area contributed by atoms with Crippen molar-refractivity contribution in [1.82, 2.24) is 10.6 Å². The fourth-order valence-corrected chi connectivity index (χ4v) is 3.13. The molecule has 1 aliphatic rings. The molecule has 6 nitrogen and oxygen atoms in total. The fourth-order valence-electron chi connectivity index (χ4n) is 3.13. The maximum Gasteiger partial charge on any atom is 0.225 e. The van der Waals surface area contributed by atoms with Crippen molar-refractivity contribution >= 4 is 41.5 Å². The maximum atomic E-state index is 13.6. The average Bonchev–Trinajstić information content (AvgIpc) is 2.70. The Morgan fingerprint density at radius 2 is 2.03 bits per heavy atom. The van der Waals surface area contributed by atoms with Crippen LogP contribution in [-0.4, -0.2) is 38.1 Å². The number of hydrogen-bond donors (Lipinski definition) is 3. The number of nitrogens with one attached hydrogen (secondary N) is 3. The van der Waals surface area contributed by atoms with Crippen molar-refractivity contribution in [3.8, 4) is 5.75 Å². The van der Waals surface area contributed by atoms with Gasteiger partial charge in [-0.15, -0.1) is 24.0 Å². The van der Waals surface area contributed by atoms with Crippen molar-refractivity contribution in [2.24, 2.45) is 4.99 Å². The fraction of sp³-hybridized carbons (Fsp3) is 0.333. The molecule has 1 amide bonds. The minimum absolute atomic E-state index is 0. The summed E-state index contributed by atoms with van der Waals surface area (Å²) in [4.78, 5) is 16.5. The third kappa shape index (κ3) is 6.54. The van der Waals surface area contributed by atoms with Crippen molar-refractivity contribution in [2.45, 2.75) is 19.3 Å². The number of nitrogens with zero attached hydrogens (tertiary/aromatic N) is 1. The van der Waals surface area contributed by atoms with Crippen molar-refractivity contribution in [1.29, 1.82) is 0 Å². The summed E-state index contributed by atoms with van der Waals surface area (Å²) in [6, 6.07) is 10.9. The standard InChI is InChI=1S/C21H24F2N4O2.HI/c1-2-24-21(25-9-10-29-19-8-7-15(22)12-17(19)23)26-13-14-11-20(28)27-18-6-4-3-5-16(14)18;/h3-8,12,14H,2,9-11,13H2,1H3,(H,27,28)(H2,24,25,26);1H. The predicted molar refractivity (Wildman–Crippen MR) is 124 cm³/mol. The Balaban J connectivity index is 0.00000320. The maximum absolute atomic E-state index is 13.6. The number of carbonyl (C=O) groups excluding carboxylic acids is 1. The van der Waals surface area contributed by atoms with E-state index in [0.29, 0.717) is 32.0 Å². The van der Waals surface area contributed by atoms with Gasteiger partial charge in [-0.25, -0.2) is 8.78 Å². The number of carbonyl (C=O) groups is 1. The van der Waals surface area contributed by atoms with Crippen LogP contribution in [0.3, 0.4) is 0 Å². The molecule has 30 heavy (non-hydrogen) atoms. The average molecular weight is 530 g/mol. The molecule has 2 aromatic carbocycles. The number of para-hydroxylation sites is 1. The quantitative estimate of drug-likeness (QED) is 0.221. The highest BCUT2D eigenvalue weighted by Crippen LogP contribution is 2.31. The van der Waals surface area contributed by atoms with Gasteiger partial charge in [0, 0.05) is 30.6 Å². The molecule has 1 atom stereocenters. The second kappa shape index (κ2) is 11.7. The molecule has 2 aromatic rings. The minimum Gasteiger partial charge on any atom is -0.489 e. The Kier molecular flexibility index (Phi) is 9.28. The number of aliphatic imine (C=N–C) groups is 1. The van der Waals surface area contributed by atoms with Gasteiger partial charge in [0.2, 0.25) is 5.91 Å². The predicted octanol–water partition coefficient (Wildman–Crippen LogP) is 3.64. The summed E-state index contributed by atoms with van der Waals surface area (Å²) >= 11 is 0. The van der Waals surface area contributed by atoms with Crippen LogP contribution in [0.2, 0.25) is 0 Å². The van der Waals surface area contributed by atoms with E-state index in [9.17, 15) is 13.6 Å². The zero-order valence-corrected chi connectivity index (χ0v) is 18.9. The molecule has 0 aromatic heterocycles. The highest BCUT2D eigenvalue weighted by atomic mass is 127. The van der Waals surface area contributed by atoms with Crippen molar-refractivity contribution in [2.75, 3.05) is 31.6 Å². The minimum atomic E-state index is -0.736. The molecule has 0 saturated heterocycles. The van der Waals surface area contributed by atoms with E-state index < -0.39 is 11.6 Å². The van der Waals surface area contributed by atoms with E-state index in [0.717, 1.165) is 23.4 Å². The van der Waals surface area contributed by atoms with Gasteiger partial charge in [0.15, 0.2) is 17.5 Å². The molecule has 0 aliphatic carbocycles. The molecule has 162 valence electrons. The van der Waals surface area contributed by atoms with Gasteiger partial charge in [-0.3, -0.25) is 9.79 Å². The number of amides is 1. The van der Waals surface area contributed by atoms with Crippen molar-refractivity contribution < 1.29 is 18.3 Å². The molecule has 0 spiro atoms. The van der Waals surface area contributed by atoms with Crippen LogP contribution in [0.4, 0.5) is 14.5 Å². The summed E-state index contributed by atoms with van der Waals surface area (Å²) in [5, 5.41) is 9.13. The molecule has 3 N–H and O–H groups in total. The first kappa shape index (κ1) is 23.8. The lowest BCUT2D eigenvalue weighted by atomic mass is 9.91. The monoisotopic (exact) mass is 530 g/mol. The summed E-state index contributed by atoms with van der Waals surface area (Å²) in [7, 11) is 0. The largest absolute Gasteiger partial charge is 0.489 e. The van der Waals surface area contributed by atoms with Crippen LogP contribution in [0, 0.1) is 11.6 Å². The molecule has 3 rings (SSSR count). The second-order valence-corrected chi connectivity index (χ2v) is 6.61. The van der Waals surface area contributed by atoms with Gasteiger partial charge in [0.25, 0.3) is 0 Å². The van der Waals surface area contributed by atoms with Gasteiger partial charge in [-0.1, -0.05) is 18.2 Å². The first-order valence-electron chi connectivity index (χ1n) is 9.55. The van der Waals surface area contributed by atoms with Crippen LogP contribution in [-0.2, 0) is 4.79 Å². The number of ether oxygens (including phenoxy) is 1. The van der Waals surface area contributed by atoms with E-state index in [-0.39, 0.29) is 48.2 Å². The molecule has 0 saturated carbocycles. The molecule has 1 aliphatic heterocycles. The lowest BCUT2D eigenvalue weighted by molar-refractivity contribution is -0.116. The number of benzene rings is 2. The van der Waals surface area contributed by atoms with Crippen molar-refractivity contribution in [3.63, 3.8) is 0 Å². The Labute approximate surface area is 191 Å². The van der Waals surface area contributed by atoms with Gasteiger partial charge in [-0.2, -0.15) is 0 Å². The number of fused-ring (bicyclic) bond motifs is 1. The Hall–Kier alpha value is -2.43. The van der Waals surface area contributed by atoms with Gasteiger partial charge >= 0.3 is 0 Å². The Bertz CT molecular complexity index is 895. The van der Waals surface area contributed by atoms with Gasteiger partial charge in [0.1, 0.15) is 12.4 Å². The lowest BCUT2D eigenvalue weighted by Gasteiger charge is -2.24. The molecule has 0 fully saturated rings. The third-order valence-corrected chi connectivity index (χ3v) is 4.47. The van der Waals surface area contributed by atoms with Gasteiger partial charge in [0.05, 0.1) is 13.1 Å². The van der Waals surface area contributed by atoms with E-state index in [1.165, 1.54) is 6.07 Å². The van der Waals surface area contributed by atoms with Crippen LogP contribution < -0.4 is 20.7 Å². The highest BCUT2D eigenvalue weighted by Gasteiger charge is 2.24. The van der Waals surface area contributed by atoms with Crippen LogP contribution in [0.15, 0.2) is 47.5 Å². The second-order valence-electron chi connectivity index (χ2n) is 6.61. The summed E-state index contributed by atoms with van der Waals surface area (Å²) < 4.78 is 31.8. The smallest absolute Gasteiger partial charge is 0.225 e. The molecule has 1 unspecified atom stereocenters. The molecule has 1 heterocycles. The summed E-state index contributed by atoms with van der Waals surface area (Å²) in [6.07, 6.45) is 0.382. The van der Waals surface area contributed by atoms with Gasteiger partial charge < -0.3 is 20.7 Å². The van der Waals surface area contributed by atoms with Crippen LogP contribution in [0.5, 0.6) is 5.75 Å². The number of guanidine groups is 1. The normalized spacial score (nSPS) is 15.5. The van der Waals surface area contributed by atoms with Gasteiger partial charge in [-0.05, 0) is 30.7 Å². The summed E-state index contributed by atoms with van der Waals surface area (Å²) in [6.45, 7) is 3.63. The zero-order chi connectivity index (χ0) is 20.6. The molecular weight excluding hydrogens is 505 g/mol. The summed E-state index contributed by atoms with van der Waals surface area (Å²) in [5.41, 5.74) is 1.90. The number of anilines is 1. The Morgan fingerprint density at radius 1 is 1.23 bits per heavy atom. The van der Waals surface area contributed by atoms with E-state index in [4.69, 9.17) is 4.74 Å². The van der Waals surface area contributed by atoms with Crippen LogP contribution >= 0.6 is 24.0 Å². The summed E-state index contributed by atoms with van der Waals surface area (Å²) in [5.74, 6) is -0.817. The SMILES string of the molecule is CCNC(=NCC1CC(=O)Nc2ccccc21)NCCOc1ccc(F)cc1F.I. The van der Waals surface area contributed by atoms with E-state index in [2.05, 4.69) is 20.9 Å². The highest BCUT2D eigenvalue weighted by molar-refractivity contribution is 14.0. The van der Waals surface area contributed by atoms with Crippen LogP contribution in [0.1, 0.15) is 24.8 Å². The Morgan fingerprint density at radius 3 is 2.80 bits per heavy atom. The third-order valence-electron chi connectivity index (χ3n) is 4.47. The number of rotatable bonds is 7. The number of halogens is 3. The molecule has 0 radical (unpaired) electrons. The first-order valence-corrected chi connectivity index (χ1v) is 9.55. The van der Waals surface area contributed by atoms with E-state index >= 15 is 0 Å². The number of hydrogen-bond acceptors (Lipinski definition) is 3. The zero-order valence-electron chi connectivity index (χ0n) is 16.6. The molecule has 9 heteroatoms.